The van der Waals surface area contributed by atoms with Crippen molar-refractivity contribution in [3.63, 3.8) is 0 Å². The van der Waals surface area contributed by atoms with Crippen LogP contribution in [-0.4, -0.2) is 20.3 Å². The van der Waals surface area contributed by atoms with Crippen LogP contribution in [0, 0.1) is 6.92 Å². The summed E-state index contributed by atoms with van der Waals surface area (Å²) in [7, 11) is 1.72. The van der Waals surface area contributed by atoms with Gasteiger partial charge >= 0.3 is 0 Å². The van der Waals surface area contributed by atoms with Crippen LogP contribution in [0.5, 0.6) is 11.5 Å². The molecule has 0 saturated heterocycles. The number of benzene rings is 2. The molecule has 3 heteroatoms. The predicted molar refractivity (Wildman–Crippen MR) is 86.0 cm³/mol. The number of nitrogens with two attached hydrogens (primary N) is 1. The first kappa shape index (κ1) is 15.5. The second-order valence-electron chi connectivity index (χ2n) is 5.13. The summed E-state index contributed by atoms with van der Waals surface area (Å²) in [5.41, 5.74) is 9.21. The van der Waals surface area contributed by atoms with E-state index in [4.69, 9.17) is 15.2 Å². The lowest BCUT2D eigenvalue weighted by Crippen LogP contribution is -2.02. The molecule has 0 amide bonds. The molecule has 2 aromatic carbocycles. The topological polar surface area (TPSA) is 44.5 Å². The first-order valence-corrected chi connectivity index (χ1v) is 7.28. The molecule has 112 valence electrons. The number of aryl methyl sites for hydroxylation is 1. The quantitative estimate of drug-likeness (QED) is 0.847. The molecule has 2 rings (SSSR count). The Morgan fingerprint density at radius 2 is 1.67 bits per heavy atom. The van der Waals surface area contributed by atoms with Crippen LogP contribution in [0.2, 0.25) is 0 Å². The van der Waals surface area contributed by atoms with Crippen molar-refractivity contribution in [2.75, 3.05) is 20.3 Å². The van der Waals surface area contributed by atoms with Crippen molar-refractivity contribution in [3.8, 4) is 11.5 Å². The van der Waals surface area contributed by atoms with E-state index in [1.54, 1.807) is 7.11 Å². The SMILES string of the molecule is COCCc1ccc(Oc2ccc(CCN)cc2C)cc1. The number of ether oxygens (including phenoxy) is 2. The molecule has 0 aliphatic carbocycles. The average molecular weight is 285 g/mol. The summed E-state index contributed by atoms with van der Waals surface area (Å²) in [4.78, 5) is 0. The first-order chi connectivity index (χ1) is 10.2. The van der Waals surface area contributed by atoms with Crippen LogP contribution in [-0.2, 0) is 17.6 Å². The fourth-order valence-electron chi connectivity index (χ4n) is 2.22. The normalized spacial score (nSPS) is 10.6. The van der Waals surface area contributed by atoms with Gasteiger partial charge in [-0.05, 0) is 61.2 Å². The van der Waals surface area contributed by atoms with Gasteiger partial charge in [-0.1, -0.05) is 24.3 Å². The highest BCUT2D eigenvalue weighted by Gasteiger charge is 2.03. The van der Waals surface area contributed by atoms with Gasteiger partial charge in [0.05, 0.1) is 6.61 Å². The molecule has 0 heterocycles. The summed E-state index contributed by atoms with van der Waals surface area (Å²) in [6.07, 6.45) is 1.82. The fraction of sp³-hybridized carbons (Fsp3) is 0.333. The van der Waals surface area contributed by atoms with E-state index in [2.05, 4.69) is 31.2 Å². The molecule has 0 radical (unpaired) electrons. The smallest absolute Gasteiger partial charge is 0.130 e. The molecular formula is C18H23NO2. The molecule has 0 bridgehead atoms. The van der Waals surface area contributed by atoms with Crippen LogP contribution < -0.4 is 10.5 Å². The van der Waals surface area contributed by atoms with E-state index in [1.165, 1.54) is 11.1 Å². The van der Waals surface area contributed by atoms with Crippen LogP contribution in [0.15, 0.2) is 42.5 Å². The highest BCUT2D eigenvalue weighted by atomic mass is 16.5. The molecule has 0 aliphatic heterocycles. The molecule has 0 saturated carbocycles. The molecule has 0 spiro atoms. The van der Waals surface area contributed by atoms with Gasteiger partial charge in [-0.25, -0.2) is 0 Å². The zero-order chi connectivity index (χ0) is 15.1. The average Bonchev–Trinajstić information content (AvgIpc) is 2.49. The molecule has 2 N–H and O–H groups in total. The summed E-state index contributed by atoms with van der Waals surface area (Å²) in [5, 5.41) is 0. The van der Waals surface area contributed by atoms with E-state index in [0.29, 0.717) is 6.54 Å². The Balaban J connectivity index is 2.04. The molecular weight excluding hydrogens is 262 g/mol. The fourth-order valence-corrected chi connectivity index (χ4v) is 2.22. The zero-order valence-electron chi connectivity index (χ0n) is 12.8. The Morgan fingerprint density at radius 3 is 2.29 bits per heavy atom. The van der Waals surface area contributed by atoms with Crippen molar-refractivity contribution in [1.82, 2.24) is 0 Å². The van der Waals surface area contributed by atoms with Crippen LogP contribution in [0.25, 0.3) is 0 Å². The van der Waals surface area contributed by atoms with Gasteiger partial charge in [0.2, 0.25) is 0 Å². The number of methoxy groups -OCH3 is 1. The maximum atomic E-state index is 5.94. The standard InChI is InChI=1S/C18H23NO2/c1-14-13-16(9-11-19)5-8-18(14)21-17-6-3-15(4-7-17)10-12-20-2/h3-8,13H,9-12,19H2,1-2H3. The molecule has 0 aliphatic rings. The van der Waals surface area contributed by atoms with Crippen LogP contribution in [0.1, 0.15) is 16.7 Å². The Labute approximate surface area is 126 Å². The van der Waals surface area contributed by atoms with Gasteiger partial charge in [-0.3, -0.25) is 0 Å². The van der Waals surface area contributed by atoms with Crippen LogP contribution in [0.3, 0.4) is 0 Å². The summed E-state index contributed by atoms with van der Waals surface area (Å²) in [5.74, 6) is 1.74. The lowest BCUT2D eigenvalue weighted by atomic mass is 10.1. The van der Waals surface area contributed by atoms with Crippen molar-refractivity contribution in [1.29, 1.82) is 0 Å². The van der Waals surface area contributed by atoms with Crippen LogP contribution in [0.4, 0.5) is 0 Å². The maximum absolute atomic E-state index is 5.94. The lowest BCUT2D eigenvalue weighted by Gasteiger charge is -2.11. The predicted octanol–water partition coefficient (Wildman–Crippen LogP) is 3.48. The van der Waals surface area contributed by atoms with E-state index >= 15 is 0 Å². The van der Waals surface area contributed by atoms with Crippen LogP contribution >= 0.6 is 0 Å². The van der Waals surface area contributed by atoms with Crippen molar-refractivity contribution in [3.05, 3.63) is 59.2 Å². The van der Waals surface area contributed by atoms with E-state index in [-0.39, 0.29) is 0 Å². The van der Waals surface area contributed by atoms with Gasteiger partial charge in [0.1, 0.15) is 11.5 Å². The largest absolute Gasteiger partial charge is 0.457 e. The number of rotatable bonds is 7. The van der Waals surface area contributed by atoms with Gasteiger partial charge in [0.15, 0.2) is 0 Å². The Kier molecular flexibility index (Phi) is 5.78. The Bertz CT molecular complexity index is 564. The molecule has 0 fully saturated rings. The first-order valence-electron chi connectivity index (χ1n) is 7.28. The molecule has 0 unspecified atom stereocenters. The van der Waals surface area contributed by atoms with E-state index < -0.39 is 0 Å². The molecule has 0 atom stereocenters. The van der Waals surface area contributed by atoms with Crippen molar-refractivity contribution >= 4 is 0 Å². The van der Waals surface area contributed by atoms with Crippen molar-refractivity contribution in [2.24, 2.45) is 5.73 Å². The minimum absolute atomic E-state index is 0.669. The lowest BCUT2D eigenvalue weighted by molar-refractivity contribution is 0.202. The maximum Gasteiger partial charge on any atom is 0.130 e. The highest BCUT2D eigenvalue weighted by molar-refractivity contribution is 5.40. The third kappa shape index (κ3) is 4.59. The molecule has 21 heavy (non-hydrogen) atoms. The minimum Gasteiger partial charge on any atom is -0.457 e. The highest BCUT2D eigenvalue weighted by Crippen LogP contribution is 2.26. The second kappa shape index (κ2) is 7.81. The van der Waals surface area contributed by atoms with Gasteiger partial charge in [-0.15, -0.1) is 0 Å². The number of hydrogen-bond donors (Lipinski definition) is 1. The van der Waals surface area contributed by atoms with Gasteiger partial charge in [-0.2, -0.15) is 0 Å². The number of hydrogen-bond acceptors (Lipinski definition) is 3. The third-order valence-electron chi connectivity index (χ3n) is 3.42. The van der Waals surface area contributed by atoms with Gasteiger partial charge in [0, 0.05) is 7.11 Å². The summed E-state index contributed by atoms with van der Waals surface area (Å²) >= 11 is 0. The molecule has 2 aromatic rings. The third-order valence-corrected chi connectivity index (χ3v) is 3.42. The van der Waals surface area contributed by atoms with E-state index in [9.17, 15) is 0 Å². The Morgan fingerprint density at radius 1 is 0.952 bits per heavy atom. The summed E-state index contributed by atoms with van der Waals surface area (Å²) < 4.78 is 11.0. The molecule has 0 aromatic heterocycles. The summed E-state index contributed by atoms with van der Waals surface area (Å²) in [6, 6.07) is 14.4. The monoisotopic (exact) mass is 285 g/mol. The summed E-state index contributed by atoms with van der Waals surface area (Å²) in [6.45, 7) is 3.47. The van der Waals surface area contributed by atoms with E-state index in [0.717, 1.165) is 36.5 Å². The van der Waals surface area contributed by atoms with Gasteiger partial charge < -0.3 is 15.2 Å². The van der Waals surface area contributed by atoms with E-state index in [1.807, 2.05) is 18.2 Å². The second-order valence-corrected chi connectivity index (χ2v) is 5.13. The minimum atomic E-state index is 0.669. The molecule has 3 nitrogen and oxygen atoms in total. The van der Waals surface area contributed by atoms with Crippen molar-refractivity contribution < 1.29 is 9.47 Å². The van der Waals surface area contributed by atoms with Crippen molar-refractivity contribution in [2.45, 2.75) is 19.8 Å². The zero-order valence-corrected chi connectivity index (χ0v) is 12.8. The van der Waals surface area contributed by atoms with Gasteiger partial charge in [0.25, 0.3) is 0 Å². The Hall–Kier alpha value is -1.84.